The van der Waals surface area contributed by atoms with Gasteiger partial charge in [0.2, 0.25) is 0 Å². The van der Waals surface area contributed by atoms with Crippen LogP contribution in [0.15, 0.2) is 30.3 Å². The summed E-state index contributed by atoms with van der Waals surface area (Å²) in [6, 6.07) is 10.2. The van der Waals surface area contributed by atoms with Crippen LogP contribution >= 0.6 is 0 Å². The fraction of sp³-hybridized carbons (Fsp3) is 0.333. The number of aryl methyl sites for hydroxylation is 1. The highest BCUT2D eigenvalue weighted by Gasteiger charge is 2.06. The number of rotatable bonds is 4. The summed E-state index contributed by atoms with van der Waals surface area (Å²) in [5, 5.41) is 4.33. The molecule has 0 radical (unpaired) electrons. The normalized spacial score (nSPS) is 10.9. The van der Waals surface area contributed by atoms with Gasteiger partial charge in [-0.2, -0.15) is 5.10 Å². The highest BCUT2D eigenvalue weighted by atomic mass is 16.1. The Morgan fingerprint density at radius 1 is 1.28 bits per heavy atom. The molecule has 18 heavy (non-hydrogen) atoms. The Morgan fingerprint density at radius 3 is 2.44 bits per heavy atom. The van der Waals surface area contributed by atoms with E-state index in [0.717, 1.165) is 24.0 Å². The monoisotopic (exact) mass is 242 g/mol. The van der Waals surface area contributed by atoms with E-state index in [9.17, 15) is 4.79 Å². The molecule has 1 aromatic heterocycles. The SMILES string of the molecule is CC(C)Cc1ccc(-c2cc(C=O)n(C)n2)cc1. The summed E-state index contributed by atoms with van der Waals surface area (Å²) >= 11 is 0. The summed E-state index contributed by atoms with van der Waals surface area (Å²) in [6.45, 7) is 4.42. The first-order valence-electron chi connectivity index (χ1n) is 6.18. The van der Waals surface area contributed by atoms with E-state index < -0.39 is 0 Å². The van der Waals surface area contributed by atoms with Gasteiger partial charge in [-0.15, -0.1) is 0 Å². The molecule has 1 heterocycles. The van der Waals surface area contributed by atoms with Gasteiger partial charge in [-0.25, -0.2) is 0 Å². The van der Waals surface area contributed by atoms with Gasteiger partial charge in [-0.3, -0.25) is 9.48 Å². The molecule has 0 aliphatic rings. The number of aldehydes is 1. The molecule has 0 amide bonds. The Balaban J connectivity index is 2.25. The second-order valence-corrected chi connectivity index (χ2v) is 4.99. The number of aromatic nitrogens is 2. The maximum absolute atomic E-state index is 10.8. The first-order valence-corrected chi connectivity index (χ1v) is 6.18. The van der Waals surface area contributed by atoms with Crippen LogP contribution in [0.25, 0.3) is 11.3 Å². The van der Waals surface area contributed by atoms with Crippen LogP contribution in [0, 0.1) is 5.92 Å². The Hall–Kier alpha value is -1.90. The Kier molecular flexibility index (Phi) is 3.60. The van der Waals surface area contributed by atoms with Crippen LogP contribution in [0.3, 0.4) is 0 Å². The van der Waals surface area contributed by atoms with Crippen LogP contribution in [0.5, 0.6) is 0 Å². The molecule has 0 atom stereocenters. The smallest absolute Gasteiger partial charge is 0.168 e. The van der Waals surface area contributed by atoms with Gasteiger partial charge in [0, 0.05) is 12.6 Å². The summed E-state index contributed by atoms with van der Waals surface area (Å²) in [6.07, 6.45) is 1.91. The van der Waals surface area contributed by atoms with E-state index in [1.54, 1.807) is 11.7 Å². The van der Waals surface area contributed by atoms with Crippen molar-refractivity contribution in [2.75, 3.05) is 0 Å². The molecule has 0 unspecified atom stereocenters. The van der Waals surface area contributed by atoms with Crippen LogP contribution in [0.1, 0.15) is 29.9 Å². The van der Waals surface area contributed by atoms with Crippen molar-refractivity contribution < 1.29 is 4.79 Å². The minimum Gasteiger partial charge on any atom is -0.296 e. The Labute approximate surface area is 107 Å². The van der Waals surface area contributed by atoms with Gasteiger partial charge in [0.1, 0.15) is 5.69 Å². The van der Waals surface area contributed by atoms with E-state index in [1.807, 2.05) is 6.07 Å². The van der Waals surface area contributed by atoms with Crippen LogP contribution in [0.4, 0.5) is 0 Å². The minimum absolute atomic E-state index is 0.594. The third-order valence-electron chi connectivity index (χ3n) is 2.93. The molecule has 3 heteroatoms. The Morgan fingerprint density at radius 2 is 1.94 bits per heavy atom. The molecule has 0 bridgehead atoms. The van der Waals surface area contributed by atoms with Crippen molar-refractivity contribution in [3.63, 3.8) is 0 Å². The highest BCUT2D eigenvalue weighted by Crippen LogP contribution is 2.20. The van der Waals surface area contributed by atoms with Gasteiger partial charge in [-0.1, -0.05) is 38.1 Å². The zero-order valence-corrected chi connectivity index (χ0v) is 11.1. The molecule has 0 spiro atoms. The second kappa shape index (κ2) is 5.17. The summed E-state index contributed by atoms with van der Waals surface area (Å²) in [5.41, 5.74) is 3.82. The average molecular weight is 242 g/mol. The van der Waals surface area contributed by atoms with Crippen molar-refractivity contribution in [3.8, 4) is 11.3 Å². The van der Waals surface area contributed by atoms with Gasteiger partial charge in [0.15, 0.2) is 6.29 Å². The van der Waals surface area contributed by atoms with Crippen LogP contribution < -0.4 is 0 Å². The van der Waals surface area contributed by atoms with Gasteiger partial charge in [-0.05, 0) is 24.0 Å². The number of carbonyl (C=O) groups is 1. The third kappa shape index (κ3) is 2.67. The number of hydrogen-bond acceptors (Lipinski definition) is 2. The van der Waals surface area contributed by atoms with Gasteiger partial charge in [0.05, 0.1) is 5.69 Å². The van der Waals surface area contributed by atoms with Gasteiger partial charge in [0.25, 0.3) is 0 Å². The van der Waals surface area contributed by atoms with Crippen molar-refractivity contribution in [2.24, 2.45) is 13.0 Å². The van der Waals surface area contributed by atoms with E-state index in [-0.39, 0.29) is 0 Å². The number of benzene rings is 1. The first kappa shape index (κ1) is 12.6. The molecule has 94 valence electrons. The number of nitrogens with zero attached hydrogens (tertiary/aromatic N) is 2. The van der Waals surface area contributed by atoms with Crippen molar-refractivity contribution in [1.82, 2.24) is 9.78 Å². The van der Waals surface area contributed by atoms with E-state index in [0.29, 0.717) is 11.6 Å². The van der Waals surface area contributed by atoms with Crippen molar-refractivity contribution in [2.45, 2.75) is 20.3 Å². The molecule has 0 saturated heterocycles. The first-order chi connectivity index (χ1) is 8.60. The molecule has 3 nitrogen and oxygen atoms in total. The molecule has 0 N–H and O–H groups in total. The summed E-state index contributed by atoms with van der Waals surface area (Å²) in [7, 11) is 1.78. The summed E-state index contributed by atoms with van der Waals surface area (Å²) in [5.74, 6) is 0.660. The zero-order chi connectivity index (χ0) is 13.1. The topological polar surface area (TPSA) is 34.9 Å². The Bertz CT molecular complexity index is 538. The molecule has 2 rings (SSSR count). The fourth-order valence-corrected chi connectivity index (χ4v) is 2.02. The molecule has 0 aliphatic carbocycles. The predicted molar refractivity (Wildman–Crippen MR) is 72.6 cm³/mol. The standard InChI is InChI=1S/C15H18N2O/c1-11(2)8-12-4-6-13(7-5-12)15-9-14(10-18)17(3)16-15/h4-7,9-11H,8H2,1-3H3. The quantitative estimate of drug-likeness (QED) is 0.772. The molecule has 0 saturated carbocycles. The van der Waals surface area contributed by atoms with E-state index in [1.165, 1.54) is 5.56 Å². The molecular formula is C15H18N2O. The summed E-state index contributed by atoms with van der Waals surface area (Å²) < 4.78 is 1.60. The van der Waals surface area contributed by atoms with Crippen molar-refractivity contribution >= 4 is 6.29 Å². The van der Waals surface area contributed by atoms with Gasteiger partial charge >= 0.3 is 0 Å². The third-order valence-corrected chi connectivity index (χ3v) is 2.93. The number of carbonyl (C=O) groups excluding carboxylic acids is 1. The van der Waals surface area contributed by atoms with Crippen LogP contribution in [-0.2, 0) is 13.5 Å². The molecule has 1 aromatic carbocycles. The van der Waals surface area contributed by atoms with E-state index in [4.69, 9.17) is 0 Å². The summed E-state index contributed by atoms with van der Waals surface area (Å²) in [4.78, 5) is 10.8. The second-order valence-electron chi connectivity index (χ2n) is 4.99. The minimum atomic E-state index is 0.594. The van der Waals surface area contributed by atoms with Crippen molar-refractivity contribution in [3.05, 3.63) is 41.6 Å². The molecule has 0 aliphatic heterocycles. The van der Waals surface area contributed by atoms with E-state index in [2.05, 4.69) is 43.2 Å². The maximum atomic E-state index is 10.8. The van der Waals surface area contributed by atoms with Gasteiger partial charge < -0.3 is 0 Å². The highest BCUT2D eigenvalue weighted by molar-refractivity contribution is 5.75. The lowest BCUT2D eigenvalue weighted by Crippen LogP contribution is -1.95. The lowest BCUT2D eigenvalue weighted by molar-refractivity contribution is 0.111. The largest absolute Gasteiger partial charge is 0.296 e. The zero-order valence-electron chi connectivity index (χ0n) is 11.1. The van der Waals surface area contributed by atoms with Crippen LogP contribution in [0.2, 0.25) is 0 Å². The number of hydrogen-bond donors (Lipinski definition) is 0. The van der Waals surface area contributed by atoms with E-state index >= 15 is 0 Å². The predicted octanol–water partition coefficient (Wildman–Crippen LogP) is 3.10. The molecule has 0 fully saturated rings. The lowest BCUT2D eigenvalue weighted by Gasteiger charge is -2.05. The fourth-order valence-electron chi connectivity index (χ4n) is 2.02. The molecule has 2 aromatic rings. The maximum Gasteiger partial charge on any atom is 0.168 e. The molecular weight excluding hydrogens is 224 g/mol. The average Bonchev–Trinajstić information content (AvgIpc) is 2.71. The van der Waals surface area contributed by atoms with Crippen molar-refractivity contribution in [1.29, 1.82) is 0 Å². The lowest BCUT2D eigenvalue weighted by atomic mass is 10.0. The van der Waals surface area contributed by atoms with Crippen LogP contribution in [-0.4, -0.2) is 16.1 Å².